The summed E-state index contributed by atoms with van der Waals surface area (Å²) in [5, 5.41) is 10.3. The molecule has 0 aliphatic carbocycles. The topological polar surface area (TPSA) is 40.1 Å². The number of carbonyl (C=O) groups excluding carboxylic acids is 1. The average Bonchev–Trinajstić information content (AvgIpc) is 2.40. The first-order valence-corrected chi connectivity index (χ1v) is 5.27. The van der Waals surface area contributed by atoms with Gasteiger partial charge >= 0.3 is 35.5 Å². The first-order valence-electron chi connectivity index (χ1n) is 5.27. The maximum Gasteiger partial charge on any atom is 1.00 e. The van der Waals surface area contributed by atoms with E-state index in [0.717, 1.165) is 23.3 Å². The first-order chi connectivity index (χ1) is 8.51. The minimum absolute atomic E-state index is 0. The quantitative estimate of drug-likeness (QED) is 0.685. The fourth-order valence-electron chi connectivity index (χ4n) is 1.62. The molecule has 0 fully saturated rings. The number of alkyl halides is 2. The number of halogens is 2. The van der Waals surface area contributed by atoms with Crippen LogP contribution in [0.1, 0.15) is 5.56 Å². The van der Waals surface area contributed by atoms with Crippen LogP contribution in [0.5, 0.6) is 0 Å². The van der Waals surface area contributed by atoms with Gasteiger partial charge in [-0.3, -0.25) is 0 Å². The van der Waals surface area contributed by atoms with Crippen LogP contribution in [-0.4, -0.2) is 5.97 Å². The van der Waals surface area contributed by atoms with Gasteiger partial charge in [0, 0.05) is 5.56 Å². The van der Waals surface area contributed by atoms with E-state index in [1.165, 1.54) is 12.1 Å². The van der Waals surface area contributed by atoms with Crippen molar-refractivity contribution in [1.29, 1.82) is 0 Å². The molecule has 2 nitrogen and oxygen atoms in total. The number of carboxylic acid groups (broad SMARTS) is 1. The maximum absolute atomic E-state index is 13.2. The first kappa shape index (κ1) is 15.8. The minimum atomic E-state index is -3.96. The Morgan fingerprint density at radius 1 is 0.895 bits per heavy atom. The molecule has 0 heterocycles. The van der Waals surface area contributed by atoms with E-state index in [1.54, 1.807) is 0 Å². The zero-order valence-corrected chi connectivity index (χ0v) is 12.3. The van der Waals surface area contributed by atoms with Crippen LogP contribution in [0.25, 0.3) is 11.1 Å². The Morgan fingerprint density at radius 2 is 1.37 bits per heavy atom. The molecule has 0 unspecified atom stereocenters. The van der Waals surface area contributed by atoms with Crippen LogP contribution >= 0.6 is 0 Å². The monoisotopic (exact) mass is 270 g/mol. The third kappa shape index (κ3) is 3.41. The zero-order valence-electron chi connectivity index (χ0n) is 10.3. The molecule has 2 aromatic carbocycles. The molecule has 5 heteroatoms. The Balaban J connectivity index is 0.00000180. The van der Waals surface area contributed by atoms with E-state index in [1.807, 2.05) is 30.3 Å². The van der Waals surface area contributed by atoms with Gasteiger partial charge in [0.2, 0.25) is 0 Å². The van der Waals surface area contributed by atoms with Crippen LogP contribution in [0, 0.1) is 0 Å². The molecular weight excluding hydrogens is 261 g/mol. The normalized spacial score (nSPS) is 10.6. The van der Waals surface area contributed by atoms with Crippen molar-refractivity contribution in [2.75, 3.05) is 0 Å². The molecule has 2 rings (SSSR count). The summed E-state index contributed by atoms with van der Waals surface area (Å²) < 4.78 is 26.3. The number of rotatable bonds is 3. The van der Waals surface area contributed by atoms with Crippen molar-refractivity contribution in [2.24, 2.45) is 0 Å². The van der Waals surface area contributed by atoms with Gasteiger partial charge in [0.1, 0.15) is 5.97 Å². The Morgan fingerprint density at radius 3 is 1.84 bits per heavy atom. The molecule has 2 aromatic rings. The van der Waals surface area contributed by atoms with Gasteiger partial charge in [-0.15, -0.1) is 0 Å². The summed E-state index contributed by atoms with van der Waals surface area (Å²) in [5.41, 5.74) is 1.04. The van der Waals surface area contributed by atoms with Crippen LogP contribution in [0.4, 0.5) is 8.78 Å². The molecule has 0 amide bonds. The Kier molecular flexibility index (Phi) is 5.23. The van der Waals surface area contributed by atoms with Crippen molar-refractivity contribution in [1.82, 2.24) is 0 Å². The molecule has 0 radical (unpaired) electrons. The third-order valence-corrected chi connectivity index (χ3v) is 2.61. The molecule has 0 saturated carbocycles. The van der Waals surface area contributed by atoms with Gasteiger partial charge in [0.15, 0.2) is 0 Å². The number of aliphatic carboxylic acids is 1. The Hall–Kier alpha value is -1.23. The van der Waals surface area contributed by atoms with E-state index in [9.17, 15) is 18.7 Å². The number of benzene rings is 2. The molecule has 0 aliphatic rings. The summed E-state index contributed by atoms with van der Waals surface area (Å²) >= 11 is 0. The number of carbonyl (C=O) groups is 1. The summed E-state index contributed by atoms with van der Waals surface area (Å²) in [5.74, 6) is -6.36. The van der Waals surface area contributed by atoms with Crippen LogP contribution < -0.4 is 34.7 Å². The molecule has 0 aromatic heterocycles. The number of carboxylic acids is 1. The number of hydrogen-bond donors (Lipinski definition) is 0. The van der Waals surface area contributed by atoms with E-state index in [-0.39, 0.29) is 29.6 Å². The minimum Gasteiger partial charge on any atom is -0.544 e. The van der Waals surface area contributed by atoms with Gasteiger partial charge in [0.25, 0.3) is 0 Å². The molecular formula is C14H9F2NaO2. The van der Waals surface area contributed by atoms with Crippen molar-refractivity contribution in [2.45, 2.75) is 5.92 Å². The van der Waals surface area contributed by atoms with Crippen LogP contribution in [0.3, 0.4) is 0 Å². The SMILES string of the molecule is O=C([O-])C(F)(F)c1ccc(-c2ccccc2)cc1.[Na+]. The zero-order chi connectivity index (χ0) is 13.2. The Labute approximate surface area is 131 Å². The smallest absolute Gasteiger partial charge is 0.544 e. The average molecular weight is 270 g/mol. The molecule has 92 valence electrons. The van der Waals surface area contributed by atoms with E-state index in [4.69, 9.17) is 0 Å². The Bertz CT molecular complexity index is 553. The molecule has 0 saturated heterocycles. The molecule has 0 spiro atoms. The van der Waals surface area contributed by atoms with E-state index in [2.05, 4.69) is 0 Å². The third-order valence-electron chi connectivity index (χ3n) is 2.61. The summed E-state index contributed by atoms with van der Waals surface area (Å²) in [6.45, 7) is 0. The van der Waals surface area contributed by atoms with Crippen molar-refractivity contribution in [3.05, 3.63) is 60.2 Å². The van der Waals surface area contributed by atoms with Crippen LogP contribution in [0.15, 0.2) is 54.6 Å². The summed E-state index contributed by atoms with van der Waals surface area (Å²) in [6, 6.07) is 14.3. The van der Waals surface area contributed by atoms with Crippen molar-refractivity contribution in [3.63, 3.8) is 0 Å². The number of hydrogen-bond acceptors (Lipinski definition) is 2. The van der Waals surface area contributed by atoms with Crippen molar-refractivity contribution < 1.29 is 48.2 Å². The second-order valence-electron chi connectivity index (χ2n) is 3.81. The van der Waals surface area contributed by atoms with E-state index < -0.39 is 17.5 Å². The molecule has 0 atom stereocenters. The van der Waals surface area contributed by atoms with Crippen LogP contribution in [-0.2, 0) is 10.7 Å². The molecule has 19 heavy (non-hydrogen) atoms. The standard InChI is InChI=1S/C14H10F2O2.Na/c15-14(16,13(17)18)12-8-6-11(7-9-12)10-4-2-1-3-5-10;/h1-9H,(H,17,18);/q;+1/p-1. The second-order valence-corrected chi connectivity index (χ2v) is 3.81. The van der Waals surface area contributed by atoms with Gasteiger partial charge in [0.05, 0.1) is 0 Å². The van der Waals surface area contributed by atoms with Crippen LogP contribution in [0.2, 0.25) is 0 Å². The summed E-state index contributed by atoms with van der Waals surface area (Å²) in [4.78, 5) is 10.3. The fraction of sp³-hybridized carbons (Fsp3) is 0.0714. The molecule has 0 N–H and O–H groups in total. The largest absolute Gasteiger partial charge is 1.00 e. The fourth-order valence-corrected chi connectivity index (χ4v) is 1.62. The molecule has 0 bridgehead atoms. The van der Waals surface area contributed by atoms with Gasteiger partial charge < -0.3 is 9.90 Å². The van der Waals surface area contributed by atoms with Gasteiger partial charge in [-0.1, -0.05) is 54.6 Å². The summed E-state index contributed by atoms with van der Waals surface area (Å²) in [7, 11) is 0. The van der Waals surface area contributed by atoms with E-state index >= 15 is 0 Å². The van der Waals surface area contributed by atoms with Crippen molar-refractivity contribution in [3.8, 4) is 11.1 Å². The molecule has 0 aliphatic heterocycles. The van der Waals surface area contributed by atoms with E-state index in [0.29, 0.717) is 0 Å². The van der Waals surface area contributed by atoms with Crippen molar-refractivity contribution >= 4 is 5.97 Å². The van der Waals surface area contributed by atoms with Gasteiger partial charge in [-0.2, -0.15) is 8.78 Å². The maximum atomic E-state index is 13.2. The second kappa shape index (κ2) is 6.28. The predicted molar refractivity (Wildman–Crippen MR) is 60.8 cm³/mol. The summed E-state index contributed by atoms with van der Waals surface area (Å²) in [6.07, 6.45) is 0. The van der Waals surface area contributed by atoms with Gasteiger partial charge in [-0.05, 0) is 11.1 Å². The van der Waals surface area contributed by atoms with Gasteiger partial charge in [-0.25, -0.2) is 0 Å². The predicted octanol–water partition coefficient (Wildman–Crippen LogP) is -0.801.